The number of ether oxygens (including phenoxy) is 2. The van der Waals surface area contributed by atoms with E-state index in [0.717, 1.165) is 12.8 Å². The van der Waals surface area contributed by atoms with E-state index in [4.69, 9.17) is 13.9 Å². The zero-order chi connectivity index (χ0) is 17.4. The van der Waals surface area contributed by atoms with Crippen LogP contribution >= 0.6 is 0 Å². The monoisotopic (exact) mass is 344 g/mol. The molecule has 0 N–H and O–H groups in total. The van der Waals surface area contributed by atoms with Crippen LogP contribution in [-0.4, -0.2) is 13.2 Å². The first kappa shape index (κ1) is 15.9. The molecule has 1 aliphatic rings. The van der Waals surface area contributed by atoms with Crippen LogP contribution in [0.2, 0.25) is 0 Å². The molecule has 0 bridgehead atoms. The van der Waals surface area contributed by atoms with Gasteiger partial charge in [-0.1, -0.05) is 12.2 Å². The van der Waals surface area contributed by atoms with E-state index in [2.05, 4.69) is 12.2 Å². The Labute approximate surface area is 143 Å². The Balaban J connectivity index is 1.74. The summed E-state index contributed by atoms with van der Waals surface area (Å²) in [4.78, 5) is 0. The summed E-state index contributed by atoms with van der Waals surface area (Å²) in [6.07, 6.45) is 6.23. The molecule has 0 saturated carbocycles. The molecule has 5 heteroatoms. The standard InChI is InChI=1S/C20H18F2O3/c1-2-23-15-9-7-13-14-8-10-16(24-11-12-5-3-4-6-12)18(22)20(14)25-19(13)17(15)21/h3,5,7-10,12H,2,4,6,11H2,1H3. The highest BCUT2D eigenvalue weighted by Gasteiger charge is 2.20. The predicted octanol–water partition coefficient (Wildman–Crippen LogP) is 5.61. The Morgan fingerprint density at radius 3 is 2.20 bits per heavy atom. The molecule has 0 aliphatic heterocycles. The topological polar surface area (TPSA) is 31.6 Å². The van der Waals surface area contributed by atoms with Crippen LogP contribution in [-0.2, 0) is 0 Å². The number of rotatable bonds is 5. The van der Waals surface area contributed by atoms with Crippen molar-refractivity contribution in [1.29, 1.82) is 0 Å². The Morgan fingerprint density at radius 1 is 1.00 bits per heavy atom. The third-order valence-corrected chi connectivity index (χ3v) is 4.48. The molecule has 25 heavy (non-hydrogen) atoms. The molecule has 2 aromatic carbocycles. The number of hydrogen-bond donors (Lipinski definition) is 0. The Bertz CT molecular complexity index is 959. The van der Waals surface area contributed by atoms with Crippen molar-refractivity contribution in [2.24, 2.45) is 5.92 Å². The smallest absolute Gasteiger partial charge is 0.208 e. The highest BCUT2D eigenvalue weighted by molar-refractivity contribution is 6.06. The molecule has 3 nitrogen and oxygen atoms in total. The molecule has 4 rings (SSSR count). The lowest BCUT2D eigenvalue weighted by Gasteiger charge is -2.10. The van der Waals surface area contributed by atoms with Gasteiger partial charge in [0.15, 0.2) is 22.7 Å². The zero-order valence-electron chi connectivity index (χ0n) is 13.9. The quantitative estimate of drug-likeness (QED) is 0.564. The third kappa shape index (κ3) is 2.73. The number of fused-ring (bicyclic) bond motifs is 3. The fourth-order valence-corrected chi connectivity index (χ4v) is 3.21. The maximum absolute atomic E-state index is 14.8. The normalized spacial score (nSPS) is 16.8. The maximum atomic E-state index is 14.8. The van der Waals surface area contributed by atoms with E-state index in [1.165, 1.54) is 6.07 Å². The van der Waals surface area contributed by atoms with Gasteiger partial charge < -0.3 is 13.9 Å². The number of furan rings is 1. The van der Waals surface area contributed by atoms with E-state index in [1.807, 2.05) is 0 Å². The molecule has 1 aliphatic carbocycles. The molecule has 1 atom stereocenters. The summed E-state index contributed by atoms with van der Waals surface area (Å²) in [6.45, 7) is 2.53. The van der Waals surface area contributed by atoms with Crippen LogP contribution < -0.4 is 9.47 Å². The van der Waals surface area contributed by atoms with Crippen LogP contribution in [0.15, 0.2) is 40.8 Å². The van der Waals surface area contributed by atoms with Gasteiger partial charge in [0.05, 0.1) is 13.2 Å². The van der Waals surface area contributed by atoms with E-state index < -0.39 is 11.6 Å². The second-order valence-corrected chi connectivity index (χ2v) is 6.12. The highest BCUT2D eigenvalue weighted by atomic mass is 19.1. The highest BCUT2D eigenvalue weighted by Crippen LogP contribution is 2.38. The van der Waals surface area contributed by atoms with Crippen molar-refractivity contribution >= 4 is 21.9 Å². The molecule has 130 valence electrons. The molecule has 1 aromatic heterocycles. The average Bonchev–Trinajstić information content (AvgIpc) is 3.25. The van der Waals surface area contributed by atoms with Crippen molar-refractivity contribution in [3.05, 3.63) is 48.1 Å². The lowest BCUT2D eigenvalue weighted by atomic mass is 10.1. The second-order valence-electron chi connectivity index (χ2n) is 6.12. The van der Waals surface area contributed by atoms with Gasteiger partial charge in [0.25, 0.3) is 0 Å². The number of halogens is 2. The maximum Gasteiger partial charge on any atom is 0.208 e. The van der Waals surface area contributed by atoms with E-state index in [0.29, 0.717) is 29.9 Å². The van der Waals surface area contributed by atoms with Gasteiger partial charge in [-0.05, 0) is 44.0 Å². The van der Waals surface area contributed by atoms with Crippen LogP contribution in [0.1, 0.15) is 19.8 Å². The van der Waals surface area contributed by atoms with Gasteiger partial charge in [-0.25, -0.2) is 0 Å². The first-order chi connectivity index (χ1) is 12.2. The molecule has 0 spiro atoms. The van der Waals surface area contributed by atoms with Crippen molar-refractivity contribution in [2.45, 2.75) is 19.8 Å². The zero-order valence-corrected chi connectivity index (χ0v) is 13.9. The molecular formula is C20H18F2O3. The minimum atomic E-state index is -0.617. The van der Waals surface area contributed by atoms with Crippen LogP contribution in [0.3, 0.4) is 0 Å². The lowest BCUT2D eigenvalue weighted by molar-refractivity contribution is 0.262. The van der Waals surface area contributed by atoms with Gasteiger partial charge in [0.2, 0.25) is 11.6 Å². The van der Waals surface area contributed by atoms with Crippen molar-refractivity contribution in [3.63, 3.8) is 0 Å². The van der Waals surface area contributed by atoms with Crippen LogP contribution in [0.4, 0.5) is 8.78 Å². The molecule has 0 fully saturated rings. The molecule has 1 heterocycles. The fraction of sp³-hybridized carbons (Fsp3) is 0.300. The average molecular weight is 344 g/mol. The summed E-state index contributed by atoms with van der Waals surface area (Å²) in [7, 11) is 0. The van der Waals surface area contributed by atoms with Gasteiger partial charge >= 0.3 is 0 Å². The molecule has 0 saturated heterocycles. The van der Waals surface area contributed by atoms with E-state index >= 15 is 0 Å². The fourth-order valence-electron chi connectivity index (χ4n) is 3.21. The van der Waals surface area contributed by atoms with E-state index in [-0.39, 0.29) is 22.7 Å². The van der Waals surface area contributed by atoms with Crippen LogP contribution in [0.25, 0.3) is 21.9 Å². The minimum Gasteiger partial charge on any atom is -0.491 e. The largest absolute Gasteiger partial charge is 0.491 e. The van der Waals surface area contributed by atoms with Crippen molar-refractivity contribution in [2.75, 3.05) is 13.2 Å². The summed E-state index contributed by atoms with van der Waals surface area (Å²) in [5.74, 6) is -0.699. The van der Waals surface area contributed by atoms with Gasteiger partial charge in [0, 0.05) is 16.7 Å². The van der Waals surface area contributed by atoms with Crippen molar-refractivity contribution < 1.29 is 22.7 Å². The number of benzene rings is 2. The first-order valence-corrected chi connectivity index (χ1v) is 8.44. The lowest BCUT2D eigenvalue weighted by Crippen LogP contribution is -2.08. The number of allylic oxidation sites excluding steroid dienone is 1. The van der Waals surface area contributed by atoms with Gasteiger partial charge in [-0.3, -0.25) is 0 Å². The molecular weight excluding hydrogens is 326 g/mol. The summed E-state index contributed by atoms with van der Waals surface area (Å²) in [5.41, 5.74) is -0.00209. The molecule has 3 aromatic rings. The van der Waals surface area contributed by atoms with Crippen LogP contribution in [0.5, 0.6) is 11.5 Å². The molecule has 1 unspecified atom stereocenters. The summed E-state index contributed by atoms with van der Waals surface area (Å²) < 4.78 is 45.6. The Hall–Kier alpha value is -2.56. The van der Waals surface area contributed by atoms with E-state index in [1.54, 1.807) is 25.1 Å². The molecule has 0 amide bonds. The third-order valence-electron chi connectivity index (χ3n) is 4.48. The first-order valence-electron chi connectivity index (χ1n) is 8.44. The summed E-state index contributed by atoms with van der Waals surface area (Å²) in [6, 6.07) is 6.48. The van der Waals surface area contributed by atoms with Gasteiger partial charge in [-0.2, -0.15) is 8.78 Å². The number of hydrogen-bond acceptors (Lipinski definition) is 3. The van der Waals surface area contributed by atoms with Gasteiger partial charge in [-0.15, -0.1) is 0 Å². The Morgan fingerprint density at radius 2 is 1.64 bits per heavy atom. The second kappa shape index (κ2) is 6.39. The minimum absolute atomic E-state index is 0.00186. The molecule has 0 radical (unpaired) electrons. The van der Waals surface area contributed by atoms with Crippen molar-refractivity contribution in [3.8, 4) is 11.5 Å². The van der Waals surface area contributed by atoms with Crippen molar-refractivity contribution in [1.82, 2.24) is 0 Å². The Kier molecular flexibility index (Phi) is 4.07. The predicted molar refractivity (Wildman–Crippen MR) is 92.2 cm³/mol. The summed E-state index contributed by atoms with van der Waals surface area (Å²) in [5, 5.41) is 1.03. The summed E-state index contributed by atoms with van der Waals surface area (Å²) >= 11 is 0. The van der Waals surface area contributed by atoms with Crippen LogP contribution in [0, 0.1) is 17.6 Å². The van der Waals surface area contributed by atoms with E-state index in [9.17, 15) is 8.78 Å². The van der Waals surface area contributed by atoms with Gasteiger partial charge in [0.1, 0.15) is 0 Å². The SMILES string of the molecule is CCOc1ccc2c(oc3c(F)c(OCC4C=CCC4)ccc32)c1F.